The number of fused-ring (bicyclic) bond motifs is 1. The van der Waals surface area contributed by atoms with Crippen LogP contribution in [0.25, 0.3) is 21.5 Å². The molecule has 30 heavy (non-hydrogen) atoms. The van der Waals surface area contributed by atoms with Crippen LogP contribution in [0.4, 0.5) is 0 Å². The first kappa shape index (κ1) is 19.8. The van der Waals surface area contributed by atoms with Crippen LogP contribution < -0.4 is 16.6 Å². The number of hydrogen-bond acceptors (Lipinski definition) is 7. The molecular formula is C20H19N5O4S. The summed E-state index contributed by atoms with van der Waals surface area (Å²) >= 11 is 1.42. The zero-order valence-corrected chi connectivity index (χ0v) is 17.0. The van der Waals surface area contributed by atoms with Crippen molar-refractivity contribution in [1.29, 1.82) is 0 Å². The Morgan fingerprint density at radius 2 is 1.90 bits per heavy atom. The number of aryl methyl sites for hydroxylation is 1. The minimum absolute atomic E-state index is 0.0228. The second-order valence-electron chi connectivity index (χ2n) is 6.51. The molecule has 3 heterocycles. The molecule has 1 amide bonds. The number of carbonyl (C=O) groups excluding carboxylic acids is 1. The van der Waals surface area contributed by atoms with Gasteiger partial charge in [-0.15, -0.1) is 16.4 Å². The Morgan fingerprint density at radius 3 is 2.63 bits per heavy atom. The predicted octanol–water partition coefficient (Wildman–Crippen LogP) is 1.65. The van der Waals surface area contributed by atoms with Crippen LogP contribution in [0.15, 0.2) is 55.8 Å². The van der Waals surface area contributed by atoms with E-state index in [4.69, 9.17) is 4.42 Å². The molecule has 0 unspecified atom stereocenters. The summed E-state index contributed by atoms with van der Waals surface area (Å²) < 4.78 is 7.68. The summed E-state index contributed by atoms with van der Waals surface area (Å²) in [5.41, 5.74) is 0.354. The van der Waals surface area contributed by atoms with Gasteiger partial charge in [-0.25, -0.2) is 9.48 Å². The molecule has 0 bridgehead atoms. The molecule has 0 spiro atoms. The van der Waals surface area contributed by atoms with Crippen LogP contribution in [0.2, 0.25) is 0 Å². The van der Waals surface area contributed by atoms with Crippen molar-refractivity contribution in [2.24, 2.45) is 0 Å². The number of nitrogens with zero attached hydrogens (tertiary/aromatic N) is 4. The summed E-state index contributed by atoms with van der Waals surface area (Å²) in [6.45, 7) is 2.63. The number of rotatable bonds is 7. The Bertz CT molecular complexity index is 1300. The molecule has 0 radical (unpaired) electrons. The molecule has 3 aromatic heterocycles. The normalized spacial score (nSPS) is 11.1. The van der Waals surface area contributed by atoms with E-state index in [1.165, 1.54) is 20.7 Å². The van der Waals surface area contributed by atoms with Gasteiger partial charge in [0.1, 0.15) is 0 Å². The number of carbonyl (C=O) groups is 1. The Labute approximate surface area is 174 Å². The molecule has 0 saturated heterocycles. The third-order valence-corrected chi connectivity index (χ3v) is 5.41. The van der Waals surface area contributed by atoms with Gasteiger partial charge in [-0.3, -0.25) is 9.59 Å². The molecular weight excluding hydrogens is 406 g/mol. The lowest BCUT2D eigenvalue weighted by atomic mass is 10.1. The smallest absolute Gasteiger partial charge is 0.387 e. The van der Waals surface area contributed by atoms with Crippen LogP contribution >= 0.6 is 11.3 Å². The lowest BCUT2D eigenvalue weighted by molar-refractivity contribution is -0.120. The first-order valence-electron chi connectivity index (χ1n) is 9.44. The first-order valence-corrected chi connectivity index (χ1v) is 10.3. The minimum atomic E-state index is -0.574. The van der Waals surface area contributed by atoms with Gasteiger partial charge in [-0.05, 0) is 24.4 Å². The van der Waals surface area contributed by atoms with Gasteiger partial charge >= 0.3 is 5.76 Å². The van der Waals surface area contributed by atoms with Crippen molar-refractivity contribution in [1.82, 2.24) is 24.9 Å². The van der Waals surface area contributed by atoms with Crippen LogP contribution in [0, 0.1) is 0 Å². The van der Waals surface area contributed by atoms with Gasteiger partial charge in [0.25, 0.3) is 11.4 Å². The number of nitrogens with one attached hydrogen (secondary N) is 1. The lowest BCUT2D eigenvalue weighted by Crippen LogP contribution is -2.32. The maximum atomic E-state index is 12.4. The molecule has 0 aliphatic heterocycles. The van der Waals surface area contributed by atoms with Gasteiger partial charge in [0.2, 0.25) is 5.91 Å². The summed E-state index contributed by atoms with van der Waals surface area (Å²) in [4.78, 5) is 37.5. The van der Waals surface area contributed by atoms with Crippen molar-refractivity contribution in [3.63, 3.8) is 0 Å². The Morgan fingerprint density at radius 1 is 1.10 bits per heavy atom. The standard InChI is InChI=1S/C20H19N5O4S/c1-2-24-19(27)14-7-4-3-6-13(14)15(22-24)12-17(26)21-9-10-25-20(28)29-18(23-25)16-8-5-11-30-16/h3-8,11H,2,9-10,12H2,1H3,(H,21,26). The van der Waals surface area contributed by atoms with Crippen molar-refractivity contribution in [3.05, 3.63) is 68.4 Å². The minimum Gasteiger partial charge on any atom is -0.387 e. The molecule has 0 aliphatic rings. The molecule has 0 fully saturated rings. The zero-order chi connectivity index (χ0) is 21.1. The maximum Gasteiger partial charge on any atom is 0.437 e. The van der Waals surface area contributed by atoms with Gasteiger partial charge in [0.05, 0.1) is 28.9 Å². The summed E-state index contributed by atoms with van der Waals surface area (Å²) in [5, 5.41) is 14.3. The number of thiophene rings is 1. The van der Waals surface area contributed by atoms with Crippen molar-refractivity contribution < 1.29 is 9.21 Å². The van der Waals surface area contributed by atoms with E-state index in [-0.39, 0.29) is 36.9 Å². The van der Waals surface area contributed by atoms with Gasteiger partial charge < -0.3 is 9.73 Å². The second-order valence-corrected chi connectivity index (χ2v) is 7.46. The molecule has 0 atom stereocenters. The van der Waals surface area contributed by atoms with Crippen LogP contribution in [-0.2, 0) is 24.3 Å². The highest BCUT2D eigenvalue weighted by atomic mass is 32.1. The fraction of sp³-hybridized carbons (Fsp3) is 0.250. The van der Waals surface area contributed by atoms with E-state index >= 15 is 0 Å². The third kappa shape index (κ3) is 3.94. The van der Waals surface area contributed by atoms with Crippen LogP contribution in [-0.4, -0.2) is 32.0 Å². The Hall–Kier alpha value is -3.53. The van der Waals surface area contributed by atoms with Crippen molar-refractivity contribution >= 4 is 28.0 Å². The van der Waals surface area contributed by atoms with Crippen molar-refractivity contribution in [2.75, 3.05) is 6.54 Å². The predicted molar refractivity (Wildman–Crippen MR) is 112 cm³/mol. The molecule has 4 aromatic rings. The van der Waals surface area contributed by atoms with Crippen LogP contribution in [0.1, 0.15) is 12.6 Å². The number of aromatic nitrogens is 4. The summed E-state index contributed by atoms with van der Waals surface area (Å²) in [6, 6.07) is 10.8. The summed E-state index contributed by atoms with van der Waals surface area (Å²) in [6.07, 6.45) is 0.0228. The van der Waals surface area contributed by atoms with E-state index in [9.17, 15) is 14.4 Å². The molecule has 1 N–H and O–H groups in total. The van der Waals surface area contributed by atoms with E-state index in [2.05, 4.69) is 15.5 Å². The lowest BCUT2D eigenvalue weighted by Gasteiger charge is -2.10. The summed E-state index contributed by atoms with van der Waals surface area (Å²) in [5.74, 6) is -0.571. The average Bonchev–Trinajstić information content (AvgIpc) is 3.40. The van der Waals surface area contributed by atoms with Gasteiger partial charge in [0.15, 0.2) is 0 Å². The quantitative estimate of drug-likeness (QED) is 0.482. The van der Waals surface area contributed by atoms with E-state index in [1.54, 1.807) is 18.2 Å². The van der Waals surface area contributed by atoms with Crippen LogP contribution in [0.3, 0.4) is 0 Å². The van der Waals surface area contributed by atoms with Gasteiger partial charge in [-0.2, -0.15) is 9.78 Å². The Balaban J connectivity index is 1.43. The SMILES string of the molecule is CCn1nc(CC(=O)NCCn2nc(-c3cccs3)oc2=O)c2ccccc2c1=O. The summed E-state index contributed by atoms with van der Waals surface area (Å²) in [7, 11) is 0. The molecule has 4 rings (SSSR count). The van der Waals surface area contributed by atoms with Crippen molar-refractivity contribution in [3.8, 4) is 10.8 Å². The number of benzene rings is 1. The maximum absolute atomic E-state index is 12.4. The average molecular weight is 425 g/mol. The first-order chi connectivity index (χ1) is 14.6. The topological polar surface area (TPSA) is 112 Å². The molecule has 9 nitrogen and oxygen atoms in total. The highest BCUT2D eigenvalue weighted by molar-refractivity contribution is 7.13. The molecule has 154 valence electrons. The molecule has 1 aromatic carbocycles. The van der Waals surface area contributed by atoms with E-state index in [0.29, 0.717) is 23.0 Å². The molecule has 10 heteroatoms. The van der Waals surface area contributed by atoms with Gasteiger partial charge in [0, 0.05) is 18.5 Å². The van der Waals surface area contributed by atoms with Gasteiger partial charge in [-0.1, -0.05) is 24.3 Å². The number of amides is 1. The zero-order valence-electron chi connectivity index (χ0n) is 16.2. The van der Waals surface area contributed by atoms with E-state index in [0.717, 1.165) is 4.88 Å². The largest absolute Gasteiger partial charge is 0.437 e. The highest BCUT2D eigenvalue weighted by Crippen LogP contribution is 2.21. The highest BCUT2D eigenvalue weighted by Gasteiger charge is 2.14. The monoisotopic (exact) mass is 425 g/mol. The second kappa shape index (κ2) is 8.46. The Kier molecular flexibility index (Phi) is 5.57. The molecule has 0 saturated carbocycles. The number of hydrogen-bond donors (Lipinski definition) is 1. The van der Waals surface area contributed by atoms with E-state index < -0.39 is 5.76 Å². The fourth-order valence-corrected chi connectivity index (χ4v) is 3.76. The van der Waals surface area contributed by atoms with E-state index in [1.807, 2.05) is 30.5 Å². The van der Waals surface area contributed by atoms with Crippen LogP contribution in [0.5, 0.6) is 0 Å². The van der Waals surface area contributed by atoms with Crippen molar-refractivity contribution in [2.45, 2.75) is 26.4 Å². The fourth-order valence-electron chi connectivity index (χ4n) is 3.11. The third-order valence-electron chi connectivity index (χ3n) is 4.56. The molecule has 0 aliphatic carbocycles.